The lowest BCUT2D eigenvalue weighted by atomic mass is 10.2. The van der Waals surface area contributed by atoms with Crippen molar-refractivity contribution in [3.05, 3.63) is 12.2 Å². The molecule has 0 aliphatic rings. The van der Waals surface area contributed by atoms with Gasteiger partial charge in [-0.05, 0) is 6.92 Å². The Hall–Kier alpha value is -0.380. The first kappa shape index (κ1) is 10.6. The standard InChI is InChI=1S/C8H16O3/c1-3-4-8(5-6-9)11-7-10-2/h3-4,8-9H,5-7H2,1-2H3/b4-3+. The third-order valence-corrected chi connectivity index (χ3v) is 1.22. The van der Waals surface area contributed by atoms with Crippen LogP contribution < -0.4 is 0 Å². The van der Waals surface area contributed by atoms with Crippen molar-refractivity contribution in [2.45, 2.75) is 19.4 Å². The molecule has 0 spiro atoms. The lowest BCUT2D eigenvalue weighted by Gasteiger charge is -2.11. The first-order valence-electron chi connectivity index (χ1n) is 3.69. The zero-order chi connectivity index (χ0) is 8.53. The summed E-state index contributed by atoms with van der Waals surface area (Å²) in [6.45, 7) is 2.33. The lowest BCUT2D eigenvalue weighted by Crippen LogP contribution is -2.13. The largest absolute Gasteiger partial charge is 0.396 e. The zero-order valence-corrected chi connectivity index (χ0v) is 7.12. The molecule has 3 heteroatoms. The number of rotatable bonds is 6. The van der Waals surface area contributed by atoms with Crippen LogP contribution in [0, 0.1) is 0 Å². The summed E-state index contributed by atoms with van der Waals surface area (Å²) in [6.07, 6.45) is 4.39. The Bertz CT molecular complexity index is 102. The Balaban J connectivity index is 3.51. The van der Waals surface area contributed by atoms with Crippen molar-refractivity contribution in [1.82, 2.24) is 0 Å². The highest BCUT2D eigenvalue weighted by Gasteiger charge is 2.01. The second-order valence-electron chi connectivity index (χ2n) is 2.15. The fraction of sp³-hybridized carbons (Fsp3) is 0.750. The minimum Gasteiger partial charge on any atom is -0.396 e. The summed E-state index contributed by atoms with van der Waals surface area (Å²) in [6, 6.07) is 0. The maximum atomic E-state index is 8.61. The van der Waals surface area contributed by atoms with Crippen molar-refractivity contribution in [3.63, 3.8) is 0 Å². The molecule has 0 aliphatic heterocycles. The minimum absolute atomic E-state index is 0.0232. The SMILES string of the molecule is C/C=C/C(CCO)OCOC. The molecular formula is C8H16O3. The van der Waals surface area contributed by atoms with Crippen LogP contribution in [0.5, 0.6) is 0 Å². The molecule has 0 rings (SSSR count). The quantitative estimate of drug-likeness (QED) is 0.464. The van der Waals surface area contributed by atoms with Crippen LogP contribution in [0.2, 0.25) is 0 Å². The van der Waals surface area contributed by atoms with Gasteiger partial charge in [0.2, 0.25) is 0 Å². The molecule has 3 nitrogen and oxygen atoms in total. The number of allylic oxidation sites excluding steroid dienone is 1. The molecule has 11 heavy (non-hydrogen) atoms. The van der Waals surface area contributed by atoms with Gasteiger partial charge in [-0.25, -0.2) is 0 Å². The summed E-state index contributed by atoms with van der Waals surface area (Å²) < 4.78 is 9.93. The van der Waals surface area contributed by atoms with Crippen LogP contribution >= 0.6 is 0 Å². The van der Waals surface area contributed by atoms with Crippen molar-refractivity contribution in [2.75, 3.05) is 20.5 Å². The van der Waals surface area contributed by atoms with Crippen LogP contribution in [0.15, 0.2) is 12.2 Å². The molecule has 0 aromatic rings. The van der Waals surface area contributed by atoms with Crippen LogP contribution in [-0.2, 0) is 9.47 Å². The van der Waals surface area contributed by atoms with E-state index >= 15 is 0 Å². The highest BCUT2D eigenvalue weighted by molar-refractivity contribution is 4.86. The molecule has 1 atom stereocenters. The molecule has 0 radical (unpaired) electrons. The zero-order valence-electron chi connectivity index (χ0n) is 7.12. The van der Waals surface area contributed by atoms with E-state index < -0.39 is 0 Å². The molecule has 0 heterocycles. The normalized spacial score (nSPS) is 14.1. The molecule has 66 valence electrons. The Morgan fingerprint density at radius 3 is 2.73 bits per heavy atom. The molecule has 0 saturated carbocycles. The second-order valence-corrected chi connectivity index (χ2v) is 2.15. The number of methoxy groups -OCH3 is 1. The predicted molar refractivity (Wildman–Crippen MR) is 43.3 cm³/mol. The maximum Gasteiger partial charge on any atom is 0.147 e. The van der Waals surface area contributed by atoms with Crippen molar-refractivity contribution in [1.29, 1.82) is 0 Å². The van der Waals surface area contributed by atoms with Gasteiger partial charge in [0.1, 0.15) is 6.79 Å². The summed E-state index contributed by atoms with van der Waals surface area (Å²) in [5.74, 6) is 0. The van der Waals surface area contributed by atoms with E-state index in [1.165, 1.54) is 0 Å². The minimum atomic E-state index is -0.0232. The smallest absolute Gasteiger partial charge is 0.147 e. The fourth-order valence-corrected chi connectivity index (χ4v) is 0.732. The topological polar surface area (TPSA) is 38.7 Å². The third-order valence-electron chi connectivity index (χ3n) is 1.22. The van der Waals surface area contributed by atoms with E-state index in [0.717, 1.165) is 0 Å². The number of ether oxygens (including phenoxy) is 2. The molecule has 0 amide bonds. The van der Waals surface area contributed by atoms with Crippen molar-refractivity contribution >= 4 is 0 Å². The molecule has 0 bridgehead atoms. The molecule has 0 aromatic carbocycles. The average Bonchev–Trinajstić information content (AvgIpc) is 2.01. The molecule has 0 aromatic heterocycles. The van der Waals surface area contributed by atoms with Crippen LogP contribution in [0.4, 0.5) is 0 Å². The van der Waals surface area contributed by atoms with E-state index in [4.69, 9.17) is 14.6 Å². The Kier molecular flexibility index (Phi) is 7.46. The first-order valence-corrected chi connectivity index (χ1v) is 3.69. The second kappa shape index (κ2) is 7.72. The number of aliphatic hydroxyl groups excluding tert-OH is 1. The van der Waals surface area contributed by atoms with Gasteiger partial charge in [-0.15, -0.1) is 0 Å². The summed E-state index contributed by atoms with van der Waals surface area (Å²) in [5.41, 5.74) is 0. The van der Waals surface area contributed by atoms with Crippen LogP contribution in [-0.4, -0.2) is 31.7 Å². The third kappa shape index (κ3) is 6.04. The highest BCUT2D eigenvalue weighted by atomic mass is 16.7. The van der Waals surface area contributed by atoms with Gasteiger partial charge in [-0.1, -0.05) is 12.2 Å². The molecular weight excluding hydrogens is 144 g/mol. The van der Waals surface area contributed by atoms with E-state index in [1.807, 2.05) is 19.1 Å². The lowest BCUT2D eigenvalue weighted by molar-refractivity contribution is -0.0607. The van der Waals surface area contributed by atoms with E-state index in [-0.39, 0.29) is 19.5 Å². The van der Waals surface area contributed by atoms with E-state index in [0.29, 0.717) is 6.42 Å². The number of hydrogen-bond acceptors (Lipinski definition) is 3. The van der Waals surface area contributed by atoms with Crippen LogP contribution in [0.1, 0.15) is 13.3 Å². The van der Waals surface area contributed by atoms with Gasteiger partial charge in [0.25, 0.3) is 0 Å². The molecule has 0 aliphatic carbocycles. The van der Waals surface area contributed by atoms with E-state index in [2.05, 4.69) is 0 Å². The summed E-state index contributed by atoms with van der Waals surface area (Å²) in [7, 11) is 1.58. The summed E-state index contributed by atoms with van der Waals surface area (Å²) in [5, 5.41) is 8.61. The Morgan fingerprint density at radius 2 is 2.27 bits per heavy atom. The van der Waals surface area contributed by atoms with Gasteiger partial charge in [0, 0.05) is 20.1 Å². The van der Waals surface area contributed by atoms with Gasteiger partial charge in [-0.2, -0.15) is 0 Å². The van der Waals surface area contributed by atoms with Gasteiger partial charge >= 0.3 is 0 Å². The summed E-state index contributed by atoms with van der Waals surface area (Å²) in [4.78, 5) is 0. The van der Waals surface area contributed by atoms with Crippen LogP contribution in [0.25, 0.3) is 0 Å². The van der Waals surface area contributed by atoms with E-state index in [9.17, 15) is 0 Å². The maximum absolute atomic E-state index is 8.61. The Labute approximate surface area is 67.6 Å². The van der Waals surface area contributed by atoms with E-state index in [1.54, 1.807) is 7.11 Å². The van der Waals surface area contributed by atoms with Gasteiger partial charge in [0.15, 0.2) is 0 Å². The molecule has 1 unspecified atom stereocenters. The van der Waals surface area contributed by atoms with Crippen molar-refractivity contribution in [3.8, 4) is 0 Å². The van der Waals surface area contributed by atoms with Gasteiger partial charge in [0.05, 0.1) is 6.10 Å². The number of aliphatic hydroxyl groups is 1. The monoisotopic (exact) mass is 160 g/mol. The molecule has 0 saturated heterocycles. The number of hydrogen-bond donors (Lipinski definition) is 1. The first-order chi connectivity index (χ1) is 5.35. The average molecular weight is 160 g/mol. The highest BCUT2D eigenvalue weighted by Crippen LogP contribution is 1.99. The molecule has 1 N–H and O–H groups in total. The summed E-state index contributed by atoms with van der Waals surface area (Å²) >= 11 is 0. The molecule has 0 fully saturated rings. The van der Waals surface area contributed by atoms with Gasteiger partial charge in [-0.3, -0.25) is 0 Å². The fourth-order valence-electron chi connectivity index (χ4n) is 0.732. The predicted octanol–water partition coefficient (Wildman–Crippen LogP) is 0.934. The Morgan fingerprint density at radius 1 is 1.55 bits per heavy atom. The van der Waals surface area contributed by atoms with Gasteiger partial charge < -0.3 is 14.6 Å². The van der Waals surface area contributed by atoms with Crippen molar-refractivity contribution < 1.29 is 14.6 Å². The van der Waals surface area contributed by atoms with Crippen LogP contribution in [0.3, 0.4) is 0 Å². The van der Waals surface area contributed by atoms with Crippen molar-refractivity contribution in [2.24, 2.45) is 0 Å².